The largest absolute Gasteiger partial charge is 0.461 e. The minimum atomic E-state index is -0.445. The van der Waals surface area contributed by atoms with Crippen molar-refractivity contribution in [3.8, 4) is 0 Å². The second-order valence-corrected chi connectivity index (χ2v) is 5.35. The molecule has 0 N–H and O–H groups in total. The van der Waals surface area contributed by atoms with Gasteiger partial charge in [0.2, 0.25) is 0 Å². The molecule has 0 aliphatic carbocycles. The van der Waals surface area contributed by atoms with Gasteiger partial charge in [-0.2, -0.15) is 0 Å². The number of carbonyl (C=O) groups is 1. The summed E-state index contributed by atoms with van der Waals surface area (Å²) in [6.45, 7) is 5.06. The van der Waals surface area contributed by atoms with Crippen molar-refractivity contribution >= 4 is 17.6 Å². The normalized spacial score (nSPS) is 10.8. The number of halogens is 1. The highest BCUT2D eigenvalue weighted by Crippen LogP contribution is 2.13. The van der Waals surface area contributed by atoms with Gasteiger partial charge in [-0.05, 0) is 13.3 Å². The molecule has 1 aromatic rings. The van der Waals surface area contributed by atoms with E-state index in [-0.39, 0.29) is 11.6 Å². The third kappa shape index (κ3) is 6.04. The Morgan fingerprint density at radius 3 is 2.43 bits per heavy atom. The van der Waals surface area contributed by atoms with Gasteiger partial charge in [0.15, 0.2) is 5.69 Å². The van der Waals surface area contributed by atoms with Gasteiger partial charge in [-0.15, -0.1) is 16.7 Å². The molecule has 1 heterocycles. The third-order valence-electron chi connectivity index (χ3n) is 3.41. The van der Waals surface area contributed by atoms with Gasteiger partial charge in [-0.1, -0.05) is 50.7 Å². The molecule has 0 spiro atoms. The van der Waals surface area contributed by atoms with Crippen LogP contribution in [0, 0.1) is 0 Å². The Morgan fingerprint density at radius 1 is 1.14 bits per heavy atom. The highest BCUT2D eigenvalue weighted by Gasteiger charge is 2.19. The molecule has 5 nitrogen and oxygen atoms in total. The topological polar surface area (TPSA) is 57.0 Å². The number of unbranched alkanes of at least 4 members (excludes halogenated alkanes) is 6. The molecule has 0 aliphatic heterocycles. The van der Waals surface area contributed by atoms with Crippen molar-refractivity contribution in [2.75, 3.05) is 6.61 Å². The average Bonchev–Trinajstić information content (AvgIpc) is 2.89. The van der Waals surface area contributed by atoms with Gasteiger partial charge in [0.25, 0.3) is 0 Å². The van der Waals surface area contributed by atoms with E-state index in [1.807, 2.05) is 0 Å². The average molecular weight is 316 g/mol. The quantitative estimate of drug-likeness (QED) is 0.352. The Morgan fingerprint density at radius 2 is 1.81 bits per heavy atom. The Hall–Kier alpha value is -1.10. The van der Waals surface area contributed by atoms with Crippen LogP contribution in [0.15, 0.2) is 0 Å². The number of alkyl halides is 1. The summed E-state index contributed by atoms with van der Waals surface area (Å²) < 4.78 is 6.68. The Bertz CT molecular complexity index is 421. The molecule has 0 aromatic carbocycles. The fraction of sp³-hybridized carbons (Fsp3) is 0.800. The highest BCUT2D eigenvalue weighted by molar-refractivity contribution is 6.17. The van der Waals surface area contributed by atoms with Crippen molar-refractivity contribution in [2.24, 2.45) is 0 Å². The number of aryl methyl sites for hydroxylation is 1. The molecule has 120 valence electrons. The molecule has 6 heteroatoms. The number of aromatic nitrogens is 3. The monoisotopic (exact) mass is 315 g/mol. The van der Waals surface area contributed by atoms with Crippen LogP contribution in [0.25, 0.3) is 0 Å². The molecule has 0 bridgehead atoms. The molecule has 0 radical (unpaired) electrons. The fourth-order valence-electron chi connectivity index (χ4n) is 2.22. The van der Waals surface area contributed by atoms with E-state index in [2.05, 4.69) is 17.2 Å². The van der Waals surface area contributed by atoms with E-state index in [4.69, 9.17) is 16.3 Å². The van der Waals surface area contributed by atoms with E-state index in [9.17, 15) is 4.79 Å². The van der Waals surface area contributed by atoms with Crippen LogP contribution in [0.4, 0.5) is 0 Å². The molecule has 1 rings (SSSR count). The van der Waals surface area contributed by atoms with Gasteiger partial charge < -0.3 is 4.74 Å². The van der Waals surface area contributed by atoms with Crippen LogP contribution in [0.2, 0.25) is 0 Å². The maximum Gasteiger partial charge on any atom is 0.360 e. The standard InChI is InChI=1S/C15H26ClN3O2/c1-3-5-6-7-8-9-10-11-19-13(12-16)14(17-18-19)15(20)21-4-2/h3-12H2,1-2H3. The summed E-state index contributed by atoms with van der Waals surface area (Å²) in [6, 6.07) is 0. The lowest BCUT2D eigenvalue weighted by Crippen LogP contribution is -2.10. The Labute approximate surface area is 132 Å². The molecule has 0 unspecified atom stereocenters. The molecule has 1 aromatic heterocycles. The first-order valence-electron chi connectivity index (χ1n) is 7.90. The lowest BCUT2D eigenvalue weighted by Gasteiger charge is -2.05. The smallest absolute Gasteiger partial charge is 0.360 e. The summed E-state index contributed by atoms with van der Waals surface area (Å²) in [4.78, 5) is 11.7. The molecule has 21 heavy (non-hydrogen) atoms. The number of hydrogen-bond donors (Lipinski definition) is 0. The zero-order chi connectivity index (χ0) is 15.5. The maximum absolute atomic E-state index is 11.7. The van der Waals surface area contributed by atoms with Crippen LogP contribution in [0.3, 0.4) is 0 Å². The summed E-state index contributed by atoms with van der Waals surface area (Å²) in [5, 5.41) is 7.92. The lowest BCUT2D eigenvalue weighted by molar-refractivity contribution is 0.0518. The maximum atomic E-state index is 11.7. The molecule has 0 aliphatic rings. The van der Waals surface area contributed by atoms with Gasteiger partial charge in [-0.3, -0.25) is 0 Å². The number of nitrogens with zero attached hydrogens (tertiary/aromatic N) is 3. The van der Waals surface area contributed by atoms with E-state index in [0.717, 1.165) is 13.0 Å². The van der Waals surface area contributed by atoms with Gasteiger partial charge >= 0.3 is 5.97 Å². The van der Waals surface area contributed by atoms with E-state index >= 15 is 0 Å². The summed E-state index contributed by atoms with van der Waals surface area (Å²) >= 11 is 5.91. The Kier molecular flexibility index (Phi) is 9.06. The molecule has 0 saturated heterocycles. The van der Waals surface area contributed by atoms with E-state index in [0.29, 0.717) is 12.3 Å². The minimum Gasteiger partial charge on any atom is -0.461 e. The first kappa shape index (κ1) is 18.0. The summed E-state index contributed by atoms with van der Waals surface area (Å²) in [5.74, 6) is -0.226. The molecule has 0 amide bonds. The Balaban J connectivity index is 2.39. The van der Waals surface area contributed by atoms with E-state index < -0.39 is 5.97 Å². The van der Waals surface area contributed by atoms with Gasteiger partial charge in [-0.25, -0.2) is 9.48 Å². The second kappa shape index (κ2) is 10.6. The number of ether oxygens (including phenoxy) is 1. The predicted octanol–water partition coefficient (Wildman–Crippen LogP) is 3.94. The van der Waals surface area contributed by atoms with Crippen LogP contribution in [0.1, 0.15) is 75.0 Å². The van der Waals surface area contributed by atoms with Crippen molar-refractivity contribution in [1.29, 1.82) is 0 Å². The van der Waals surface area contributed by atoms with Gasteiger partial charge in [0.1, 0.15) is 0 Å². The second-order valence-electron chi connectivity index (χ2n) is 5.08. The van der Waals surface area contributed by atoms with Crippen molar-refractivity contribution in [2.45, 2.75) is 71.2 Å². The van der Waals surface area contributed by atoms with Crippen molar-refractivity contribution < 1.29 is 9.53 Å². The SMILES string of the molecule is CCCCCCCCCn1nnc(C(=O)OCC)c1CCl. The number of carbonyl (C=O) groups excluding carboxylic acids is 1. The fourth-order valence-corrected chi connectivity index (χ4v) is 2.49. The van der Waals surface area contributed by atoms with Crippen LogP contribution in [0.5, 0.6) is 0 Å². The first-order chi connectivity index (χ1) is 10.2. The van der Waals surface area contributed by atoms with Crippen molar-refractivity contribution in [3.63, 3.8) is 0 Å². The lowest BCUT2D eigenvalue weighted by atomic mass is 10.1. The number of hydrogen-bond acceptors (Lipinski definition) is 4. The predicted molar refractivity (Wildman–Crippen MR) is 83.5 cm³/mol. The number of esters is 1. The number of rotatable bonds is 11. The van der Waals surface area contributed by atoms with Crippen LogP contribution in [-0.2, 0) is 17.2 Å². The zero-order valence-corrected chi connectivity index (χ0v) is 13.9. The molecule has 0 atom stereocenters. The van der Waals surface area contributed by atoms with Gasteiger partial charge in [0.05, 0.1) is 18.2 Å². The van der Waals surface area contributed by atoms with Crippen LogP contribution < -0.4 is 0 Å². The molecular weight excluding hydrogens is 290 g/mol. The van der Waals surface area contributed by atoms with E-state index in [1.54, 1.807) is 11.6 Å². The third-order valence-corrected chi connectivity index (χ3v) is 3.66. The van der Waals surface area contributed by atoms with Crippen LogP contribution in [-0.4, -0.2) is 27.6 Å². The van der Waals surface area contributed by atoms with Crippen molar-refractivity contribution in [1.82, 2.24) is 15.0 Å². The minimum absolute atomic E-state index is 0.220. The summed E-state index contributed by atoms with van der Waals surface area (Å²) in [5.41, 5.74) is 0.899. The van der Waals surface area contributed by atoms with Crippen molar-refractivity contribution in [3.05, 3.63) is 11.4 Å². The molecular formula is C15H26ClN3O2. The summed E-state index contributed by atoms with van der Waals surface area (Å²) in [6.07, 6.45) is 8.65. The summed E-state index contributed by atoms with van der Waals surface area (Å²) in [7, 11) is 0. The molecule has 0 fully saturated rings. The van der Waals surface area contributed by atoms with Crippen LogP contribution >= 0.6 is 11.6 Å². The first-order valence-corrected chi connectivity index (χ1v) is 8.43. The molecule has 0 saturated carbocycles. The zero-order valence-electron chi connectivity index (χ0n) is 13.1. The highest BCUT2D eigenvalue weighted by atomic mass is 35.5. The van der Waals surface area contributed by atoms with Gasteiger partial charge in [0, 0.05) is 6.54 Å². The van der Waals surface area contributed by atoms with E-state index in [1.165, 1.54) is 38.5 Å².